The SMILES string of the molecule is CNCC1CCN(Cc2cc(F)ccc2Br)CC1.Cl. The van der Waals surface area contributed by atoms with Crippen molar-refractivity contribution in [2.75, 3.05) is 26.7 Å². The quantitative estimate of drug-likeness (QED) is 0.894. The van der Waals surface area contributed by atoms with Crippen LogP contribution in [0.25, 0.3) is 0 Å². The first-order valence-electron chi connectivity index (χ1n) is 6.50. The summed E-state index contributed by atoms with van der Waals surface area (Å²) in [6, 6.07) is 4.91. The fourth-order valence-corrected chi connectivity index (χ4v) is 2.91. The average Bonchev–Trinajstić information content (AvgIpc) is 2.37. The van der Waals surface area contributed by atoms with Crippen molar-refractivity contribution in [3.8, 4) is 0 Å². The summed E-state index contributed by atoms with van der Waals surface area (Å²) in [5.41, 5.74) is 1.04. The standard InChI is InChI=1S/C14H20BrFN2.ClH/c1-17-9-11-4-6-18(7-5-11)10-12-8-13(16)2-3-14(12)15;/h2-3,8,11,17H,4-7,9-10H2,1H3;1H. The van der Waals surface area contributed by atoms with E-state index in [1.807, 2.05) is 7.05 Å². The molecule has 0 spiro atoms. The molecule has 0 aliphatic carbocycles. The van der Waals surface area contributed by atoms with Crippen LogP contribution in [-0.2, 0) is 6.54 Å². The minimum Gasteiger partial charge on any atom is -0.319 e. The molecular weight excluding hydrogens is 331 g/mol. The maximum Gasteiger partial charge on any atom is 0.123 e. The molecule has 0 radical (unpaired) electrons. The molecule has 1 aromatic rings. The van der Waals surface area contributed by atoms with Crippen LogP contribution in [0, 0.1) is 11.7 Å². The molecule has 1 N–H and O–H groups in total. The molecule has 1 aromatic carbocycles. The van der Waals surface area contributed by atoms with Crippen molar-refractivity contribution in [2.24, 2.45) is 5.92 Å². The van der Waals surface area contributed by atoms with Crippen LogP contribution in [0.3, 0.4) is 0 Å². The molecule has 0 saturated carbocycles. The fourth-order valence-electron chi connectivity index (χ4n) is 2.54. The van der Waals surface area contributed by atoms with Gasteiger partial charge in [-0.1, -0.05) is 15.9 Å². The first-order valence-corrected chi connectivity index (χ1v) is 7.29. The summed E-state index contributed by atoms with van der Waals surface area (Å²) >= 11 is 3.49. The summed E-state index contributed by atoms with van der Waals surface area (Å²) < 4.78 is 14.2. The summed E-state index contributed by atoms with van der Waals surface area (Å²) in [5, 5.41) is 3.24. The van der Waals surface area contributed by atoms with E-state index in [1.165, 1.54) is 18.9 Å². The average molecular weight is 352 g/mol. The second-order valence-corrected chi connectivity index (χ2v) is 5.87. The highest BCUT2D eigenvalue weighted by Gasteiger charge is 2.19. The molecule has 2 rings (SSSR count). The monoisotopic (exact) mass is 350 g/mol. The topological polar surface area (TPSA) is 15.3 Å². The van der Waals surface area contributed by atoms with Gasteiger partial charge in [0.15, 0.2) is 0 Å². The molecule has 108 valence electrons. The van der Waals surface area contributed by atoms with Crippen LogP contribution in [0.5, 0.6) is 0 Å². The lowest BCUT2D eigenvalue weighted by atomic mass is 9.96. The van der Waals surface area contributed by atoms with E-state index in [0.29, 0.717) is 0 Å². The van der Waals surface area contributed by atoms with Crippen LogP contribution in [0.15, 0.2) is 22.7 Å². The largest absolute Gasteiger partial charge is 0.319 e. The molecule has 0 amide bonds. The zero-order valence-electron chi connectivity index (χ0n) is 11.2. The Kier molecular flexibility index (Phi) is 7.29. The Balaban J connectivity index is 0.00000180. The number of hydrogen-bond donors (Lipinski definition) is 1. The number of nitrogens with one attached hydrogen (secondary N) is 1. The molecule has 0 atom stereocenters. The van der Waals surface area contributed by atoms with E-state index in [0.717, 1.165) is 42.1 Å². The molecule has 0 aromatic heterocycles. The van der Waals surface area contributed by atoms with Gasteiger partial charge < -0.3 is 5.32 Å². The molecule has 0 unspecified atom stereocenters. The van der Waals surface area contributed by atoms with E-state index in [4.69, 9.17) is 0 Å². The summed E-state index contributed by atoms with van der Waals surface area (Å²) in [6.07, 6.45) is 2.46. The van der Waals surface area contributed by atoms with Crippen molar-refractivity contribution in [3.05, 3.63) is 34.1 Å². The minimum absolute atomic E-state index is 0. The first kappa shape index (κ1) is 16.9. The molecule has 1 aliphatic heterocycles. The van der Waals surface area contributed by atoms with Gasteiger partial charge in [-0.15, -0.1) is 12.4 Å². The Morgan fingerprint density at radius 3 is 2.68 bits per heavy atom. The Morgan fingerprint density at radius 1 is 1.37 bits per heavy atom. The molecule has 1 saturated heterocycles. The van der Waals surface area contributed by atoms with Crippen molar-refractivity contribution in [3.63, 3.8) is 0 Å². The highest BCUT2D eigenvalue weighted by atomic mass is 79.9. The lowest BCUT2D eigenvalue weighted by molar-refractivity contribution is 0.176. The van der Waals surface area contributed by atoms with Gasteiger partial charge in [0.25, 0.3) is 0 Å². The third-order valence-corrected chi connectivity index (χ3v) is 4.38. The predicted octanol–water partition coefficient (Wildman–Crippen LogP) is 3.44. The zero-order valence-corrected chi connectivity index (χ0v) is 13.6. The highest BCUT2D eigenvalue weighted by Crippen LogP contribution is 2.23. The van der Waals surface area contributed by atoms with E-state index in [1.54, 1.807) is 12.1 Å². The second-order valence-electron chi connectivity index (χ2n) is 5.01. The molecule has 1 heterocycles. The van der Waals surface area contributed by atoms with Gasteiger partial charge in [0.1, 0.15) is 5.82 Å². The number of nitrogens with zero attached hydrogens (tertiary/aromatic N) is 1. The van der Waals surface area contributed by atoms with E-state index in [-0.39, 0.29) is 18.2 Å². The second kappa shape index (κ2) is 8.20. The number of hydrogen-bond acceptors (Lipinski definition) is 2. The van der Waals surface area contributed by atoms with E-state index in [2.05, 4.69) is 26.1 Å². The molecule has 19 heavy (non-hydrogen) atoms. The number of likely N-dealkylation sites (tertiary alicyclic amines) is 1. The maximum atomic E-state index is 13.2. The Hall–Kier alpha value is -0.160. The number of rotatable bonds is 4. The molecular formula is C14H21BrClFN2. The fraction of sp³-hybridized carbons (Fsp3) is 0.571. The van der Waals surface area contributed by atoms with Gasteiger partial charge in [-0.05, 0) is 69.2 Å². The zero-order chi connectivity index (χ0) is 13.0. The van der Waals surface area contributed by atoms with Gasteiger partial charge in [0.05, 0.1) is 0 Å². The van der Waals surface area contributed by atoms with Gasteiger partial charge in [-0.25, -0.2) is 4.39 Å². The van der Waals surface area contributed by atoms with Crippen molar-refractivity contribution >= 4 is 28.3 Å². The van der Waals surface area contributed by atoms with Crippen LogP contribution in [-0.4, -0.2) is 31.6 Å². The molecule has 2 nitrogen and oxygen atoms in total. The minimum atomic E-state index is -0.154. The van der Waals surface area contributed by atoms with Crippen molar-refractivity contribution in [2.45, 2.75) is 19.4 Å². The van der Waals surface area contributed by atoms with Crippen LogP contribution in [0.4, 0.5) is 4.39 Å². The number of piperidine rings is 1. The van der Waals surface area contributed by atoms with Gasteiger partial charge in [-0.2, -0.15) is 0 Å². The van der Waals surface area contributed by atoms with E-state index >= 15 is 0 Å². The van der Waals surface area contributed by atoms with Crippen LogP contribution in [0.2, 0.25) is 0 Å². The predicted molar refractivity (Wildman–Crippen MR) is 83.3 cm³/mol. The van der Waals surface area contributed by atoms with Crippen molar-refractivity contribution < 1.29 is 4.39 Å². The Morgan fingerprint density at radius 2 is 2.05 bits per heavy atom. The molecule has 1 aliphatic rings. The first-order chi connectivity index (χ1) is 8.69. The van der Waals surface area contributed by atoms with Crippen molar-refractivity contribution in [1.29, 1.82) is 0 Å². The maximum absolute atomic E-state index is 13.2. The number of halogens is 3. The lowest BCUT2D eigenvalue weighted by Crippen LogP contribution is -2.36. The third kappa shape index (κ3) is 5.03. The third-order valence-electron chi connectivity index (χ3n) is 3.60. The van der Waals surface area contributed by atoms with Gasteiger partial charge in [-0.3, -0.25) is 4.90 Å². The molecule has 1 fully saturated rings. The van der Waals surface area contributed by atoms with Gasteiger partial charge in [0, 0.05) is 11.0 Å². The van der Waals surface area contributed by atoms with Gasteiger partial charge >= 0.3 is 0 Å². The smallest absolute Gasteiger partial charge is 0.123 e. The summed E-state index contributed by atoms with van der Waals surface area (Å²) in [7, 11) is 2.01. The van der Waals surface area contributed by atoms with E-state index < -0.39 is 0 Å². The van der Waals surface area contributed by atoms with Crippen LogP contribution in [0.1, 0.15) is 18.4 Å². The van der Waals surface area contributed by atoms with Crippen molar-refractivity contribution in [1.82, 2.24) is 10.2 Å². The number of benzene rings is 1. The summed E-state index contributed by atoms with van der Waals surface area (Å²) in [6.45, 7) is 4.16. The van der Waals surface area contributed by atoms with Gasteiger partial charge in [0.2, 0.25) is 0 Å². The van der Waals surface area contributed by atoms with E-state index in [9.17, 15) is 4.39 Å². The summed E-state index contributed by atoms with van der Waals surface area (Å²) in [5.74, 6) is 0.639. The Bertz CT molecular complexity index is 395. The summed E-state index contributed by atoms with van der Waals surface area (Å²) in [4.78, 5) is 2.41. The normalized spacial score (nSPS) is 17.2. The lowest BCUT2D eigenvalue weighted by Gasteiger charge is -2.32. The van der Waals surface area contributed by atoms with Crippen LogP contribution < -0.4 is 5.32 Å². The van der Waals surface area contributed by atoms with Crippen LogP contribution >= 0.6 is 28.3 Å². The molecule has 0 bridgehead atoms. The molecule has 5 heteroatoms. The Labute approximate surface area is 129 Å². The highest BCUT2D eigenvalue weighted by molar-refractivity contribution is 9.10.